The fourth-order valence-corrected chi connectivity index (χ4v) is 4.25. The van der Waals surface area contributed by atoms with Gasteiger partial charge >= 0.3 is 5.97 Å². The van der Waals surface area contributed by atoms with Gasteiger partial charge in [0.15, 0.2) is 0 Å². The van der Waals surface area contributed by atoms with Gasteiger partial charge in [0, 0.05) is 24.7 Å². The highest BCUT2D eigenvalue weighted by atomic mass is 32.2. The topological polar surface area (TPSA) is 179 Å². The van der Waals surface area contributed by atoms with Crippen LogP contribution in [-0.2, 0) is 32.0 Å². The Bertz CT molecular complexity index is 1040. The number of aromatic amines is 1. The highest BCUT2D eigenvalue weighted by Gasteiger charge is 2.32. The first kappa shape index (κ1) is 30.8. The molecule has 7 N–H and O–H groups in total. The van der Waals surface area contributed by atoms with Gasteiger partial charge in [0.05, 0.1) is 12.4 Å². The number of hydrogen-bond donors (Lipinski definition) is 6. The van der Waals surface area contributed by atoms with Crippen molar-refractivity contribution in [2.45, 2.75) is 63.7 Å². The number of thioether (sulfide) groups is 1. The Balaban J connectivity index is 2.19. The number of nitrogens with one attached hydrogen (secondary N) is 4. The van der Waals surface area contributed by atoms with Crippen molar-refractivity contribution in [1.29, 1.82) is 0 Å². The van der Waals surface area contributed by atoms with Crippen LogP contribution in [0.3, 0.4) is 0 Å². The minimum atomic E-state index is -1.15. The van der Waals surface area contributed by atoms with E-state index in [0.717, 1.165) is 5.56 Å². The molecule has 2 aromatic rings. The molecule has 208 valence electrons. The fraction of sp³-hybridized carbons (Fsp3) is 0.500. The maximum absolute atomic E-state index is 13.4. The van der Waals surface area contributed by atoms with Gasteiger partial charge in [-0.2, -0.15) is 11.8 Å². The van der Waals surface area contributed by atoms with Gasteiger partial charge in [-0.3, -0.25) is 14.4 Å². The van der Waals surface area contributed by atoms with Crippen molar-refractivity contribution in [2.24, 2.45) is 11.7 Å². The lowest BCUT2D eigenvalue weighted by molar-refractivity contribution is -0.142. The number of carboxylic acid groups (broad SMARTS) is 1. The van der Waals surface area contributed by atoms with E-state index in [1.54, 1.807) is 6.20 Å². The Hall–Kier alpha value is -3.38. The van der Waals surface area contributed by atoms with Crippen molar-refractivity contribution in [3.8, 4) is 0 Å². The Morgan fingerprint density at radius 1 is 1.03 bits per heavy atom. The van der Waals surface area contributed by atoms with Gasteiger partial charge in [0.2, 0.25) is 17.7 Å². The molecule has 38 heavy (non-hydrogen) atoms. The first-order valence-electron chi connectivity index (χ1n) is 12.6. The Labute approximate surface area is 227 Å². The molecule has 0 bridgehead atoms. The number of H-pyrrole nitrogens is 1. The molecule has 1 aromatic heterocycles. The maximum atomic E-state index is 13.4. The second kappa shape index (κ2) is 15.8. The summed E-state index contributed by atoms with van der Waals surface area (Å²) in [5.41, 5.74) is 7.53. The number of aliphatic carboxylic acids is 1. The normalized spacial score (nSPS) is 14.9. The number of benzene rings is 1. The third-order valence-corrected chi connectivity index (χ3v) is 6.91. The largest absolute Gasteiger partial charge is 0.480 e. The molecule has 0 fully saturated rings. The molecule has 0 spiro atoms. The van der Waals surface area contributed by atoms with E-state index in [2.05, 4.69) is 25.9 Å². The first-order valence-corrected chi connectivity index (χ1v) is 13.9. The van der Waals surface area contributed by atoms with Gasteiger partial charge < -0.3 is 31.8 Å². The van der Waals surface area contributed by atoms with Crippen LogP contribution in [0.25, 0.3) is 0 Å². The maximum Gasteiger partial charge on any atom is 0.326 e. The van der Waals surface area contributed by atoms with Gasteiger partial charge in [-0.25, -0.2) is 9.78 Å². The summed E-state index contributed by atoms with van der Waals surface area (Å²) in [6.07, 6.45) is 6.10. The fourth-order valence-electron chi connectivity index (χ4n) is 3.77. The van der Waals surface area contributed by atoms with E-state index in [0.29, 0.717) is 17.9 Å². The number of rotatable bonds is 16. The van der Waals surface area contributed by atoms with Crippen molar-refractivity contribution in [2.75, 3.05) is 12.0 Å². The molecular weight excluding hydrogens is 508 g/mol. The van der Waals surface area contributed by atoms with E-state index in [4.69, 9.17) is 5.73 Å². The van der Waals surface area contributed by atoms with Crippen LogP contribution in [0.15, 0.2) is 42.9 Å². The van der Waals surface area contributed by atoms with E-state index in [-0.39, 0.29) is 25.2 Å². The number of nitrogens with two attached hydrogens (primary N) is 1. The second-order valence-electron chi connectivity index (χ2n) is 9.19. The van der Waals surface area contributed by atoms with Crippen LogP contribution < -0.4 is 21.7 Å². The van der Waals surface area contributed by atoms with Gasteiger partial charge in [0.25, 0.3) is 0 Å². The molecule has 0 aliphatic rings. The molecule has 0 saturated heterocycles. The highest BCUT2D eigenvalue weighted by molar-refractivity contribution is 7.98. The highest BCUT2D eigenvalue weighted by Crippen LogP contribution is 2.11. The predicted molar refractivity (Wildman–Crippen MR) is 146 cm³/mol. The quantitative estimate of drug-likeness (QED) is 0.179. The van der Waals surface area contributed by atoms with Crippen molar-refractivity contribution in [3.05, 3.63) is 54.1 Å². The molecule has 11 nitrogen and oxygen atoms in total. The lowest BCUT2D eigenvalue weighted by Gasteiger charge is -2.28. The molecule has 12 heteroatoms. The monoisotopic (exact) mass is 546 g/mol. The smallest absolute Gasteiger partial charge is 0.326 e. The molecule has 2 rings (SSSR count). The molecule has 0 aliphatic heterocycles. The van der Waals surface area contributed by atoms with E-state index in [1.165, 1.54) is 18.1 Å². The van der Waals surface area contributed by atoms with E-state index in [9.17, 15) is 24.3 Å². The summed E-state index contributed by atoms with van der Waals surface area (Å²) >= 11 is 1.47. The minimum absolute atomic E-state index is 0.147. The summed E-state index contributed by atoms with van der Waals surface area (Å²) in [5.74, 6) is -2.52. The zero-order chi connectivity index (χ0) is 28.1. The van der Waals surface area contributed by atoms with Crippen molar-refractivity contribution in [3.63, 3.8) is 0 Å². The minimum Gasteiger partial charge on any atom is -0.480 e. The van der Waals surface area contributed by atoms with E-state index < -0.39 is 47.9 Å². The Morgan fingerprint density at radius 2 is 1.71 bits per heavy atom. The lowest BCUT2D eigenvalue weighted by atomic mass is 9.96. The van der Waals surface area contributed by atoms with E-state index >= 15 is 0 Å². The molecule has 0 aliphatic carbocycles. The molecule has 0 radical (unpaired) electrons. The van der Waals surface area contributed by atoms with Crippen LogP contribution in [0.1, 0.15) is 37.9 Å². The van der Waals surface area contributed by atoms with Gasteiger partial charge in [-0.1, -0.05) is 50.6 Å². The summed E-state index contributed by atoms with van der Waals surface area (Å²) in [7, 11) is 0. The summed E-state index contributed by atoms with van der Waals surface area (Å²) in [5, 5.41) is 17.6. The molecule has 1 aromatic carbocycles. The number of imidazole rings is 1. The van der Waals surface area contributed by atoms with Crippen LogP contribution in [0, 0.1) is 5.92 Å². The first-order chi connectivity index (χ1) is 18.2. The number of aromatic nitrogens is 2. The number of carbonyl (C=O) groups excluding carboxylic acids is 3. The lowest BCUT2D eigenvalue weighted by Crippen LogP contribution is -2.59. The molecule has 0 saturated carbocycles. The predicted octanol–water partition coefficient (Wildman–Crippen LogP) is 0.860. The van der Waals surface area contributed by atoms with Crippen molar-refractivity contribution < 1.29 is 24.3 Å². The number of carboxylic acids is 1. The molecule has 1 heterocycles. The van der Waals surface area contributed by atoms with Crippen LogP contribution in [0.4, 0.5) is 0 Å². The van der Waals surface area contributed by atoms with Crippen LogP contribution in [-0.4, -0.2) is 74.9 Å². The summed E-state index contributed by atoms with van der Waals surface area (Å²) in [4.78, 5) is 58.0. The summed E-state index contributed by atoms with van der Waals surface area (Å²) < 4.78 is 0. The Kier molecular flexibility index (Phi) is 12.8. The standard InChI is InChI=1S/C26H38N6O5S/c1-4-16(2)22(32-23(33)19(27)13-18-14-28-15-29-18)25(35)31-21(12-17-8-6-5-7-9-17)24(34)30-20(26(36)37)10-11-38-3/h5-9,14-16,19-22H,4,10-13,27H2,1-3H3,(H,28,29)(H,30,34)(H,31,35)(H,32,33)(H,36,37). The van der Waals surface area contributed by atoms with Crippen molar-refractivity contribution >= 4 is 35.5 Å². The zero-order valence-corrected chi connectivity index (χ0v) is 22.8. The van der Waals surface area contributed by atoms with Crippen LogP contribution in [0.2, 0.25) is 0 Å². The van der Waals surface area contributed by atoms with Crippen molar-refractivity contribution in [1.82, 2.24) is 25.9 Å². The third-order valence-electron chi connectivity index (χ3n) is 6.27. The van der Waals surface area contributed by atoms with Gasteiger partial charge in [0.1, 0.15) is 18.1 Å². The average molecular weight is 547 g/mol. The van der Waals surface area contributed by atoms with E-state index in [1.807, 2.05) is 50.4 Å². The van der Waals surface area contributed by atoms with Gasteiger partial charge in [-0.15, -0.1) is 0 Å². The SMILES string of the molecule is CCC(C)C(NC(=O)C(N)Cc1cnc[nH]1)C(=O)NC(Cc1ccccc1)C(=O)NC(CCSC)C(=O)O. The summed E-state index contributed by atoms with van der Waals surface area (Å²) in [6.45, 7) is 3.71. The third kappa shape index (κ3) is 9.82. The van der Waals surface area contributed by atoms with Crippen LogP contribution >= 0.6 is 11.8 Å². The molecular formula is C26H38N6O5S. The zero-order valence-electron chi connectivity index (χ0n) is 22.0. The number of nitrogens with zero attached hydrogens (tertiary/aromatic N) is 1. The molecule has 5 atom stereocenters. The number of hydrogen-bond acceptors (Lipinski definition) is 7. The average Bonchev–Trinajstić information content (AvgIpc) is 3.41. The van der Waals surface area contributed by atoms with Gasteiger partial charge in [-0.05, 0) is 29.9 Å². The van der Waals surface area contributed by atoms with Crippen LogP contribution in [0.5, 0.6) is 0 Å². The second-order valence-corrected chi connectivity index (χ2v) is 10.2. The Morgan fingerprint density at radius 3 is 2.29 bits per heavy atom. The number of amides is 3. The molecule has 3 amide bonds. The number of carbonyl (C=O) groups is 4. The molecule has 5 unspecified atom stereocenters. The summed E-state index contributed by atoms with van der Waals surface area (Å²) in [6, 6.07) is 5.10.